The average molecular weight is 463 g/mol. The molecule has 0 bridgehead atoms. The topological polar surface area (TPSA) is 66.5 Å². The summed E-state index contributed by atoms with van der Waals surface area (Å²) in [6, 6.07) is 13.3. The van der Waals surface area contributed by atoms with Gasteiger partial charge in [-0.25, -0.2) is 12.8 Å². The Morgan fingerprint density at radius 2 is 1.61 bits per heavy atom. The minimum absolute atomic E-state index is 0.0811. The zero-order valence-electron chi connectivity index (χ0n) is 17.3. The normalized spacial score (nSPS) is 18.9. The fraction of sp³-hybridized carbons (Fsp3) is 0.435. The van der Waals surface area contributed by atoms with Gasteiger partial charge in [0.1, 0.15) is 10.7 Å². The van der Waals surface area contributed by atoms with E-state index in [0.29, 0.717) is 18.1 Å². The maximum Gasteiger partial charge on any atom is 0.245 e. The lowest BCUT2D eigenvalue weighted by Gasteiger charge is -2.30. The third kappa shape index (κ3) is 5.13. The summed E-state index contributed by atoms with van der Waals surface area (Å²) in [5.74, 6) is -1.10. The highest BCUT2D eigenvalue weighted by Gasteiger charge is 2.33. The zero-order valence-corrected chi connectivity index (χ0v) is 18.9. The molecule has 0 radical (unpaired) electrons. The molecule has 1 saturated carbocycles. The number of sulfonamides is 1. The highest BCUT2D eigenvalue weighted by Crippen LogP contribution is 2.38. The maximum absolute atomic E-state index is 14.0. The van der Waals surface area contributed by atoms with Gasteiger partial charge in [0, 0.05) is 29.2 Å². The molecular weight excluding hydrogens is 435 g/mol. The van der Waals surface area contributed by atoms with Gasteiger partial charge in [0.25, 0.3) is 0 Å². The molecule has 5 nitrogen and oxygen atoms in total. The first-order valence-electron chi connectivity index (χ1n) is 10.8. The second kappa shape index (κ2) is 9.71. The van der Waals surface area contributed by atoms with Gasteiger partial charge in [-0.3, -0.25) is 4.79 Å². The van der Waals surface area contributed by atoms with Crippen LogP contribution >= 0.6 is 11.8 Å². The van der Waals surface area contributed by atoms with Crippen LogP contribution in [0.1, 0.15) is 38.5 Å². The highest BCUT2D eigenvalue weighted by atomic mass is 32.2. The van der Waals surface area contributed by atoms with E-state index < -0.39 is 15.8 Å². The van der Waals surface area contributed by atoms with Crippen LogP contribution in [0.5, 0.6) is 0 Å². The van der Waals surface area contributed by atoms with Crippen LogP contribution < -0.4 is 5.32 Å². The molecule has 2 aromatic rings. The summed E-state index contributed by atoms with van der Waals surface area (Å²) in [6.07, 6.45) is 5.78. The van der Waals surface area contributed by atoms with E-state index in [2.05, 4.69) is 5.32 Å². The minimum Gasteiger partial charge on any atom is -0.325 e. The second-order valence-electron chi connectivity index (χ2n) is 8.12. The standard InChI is InChI=1S/C23H27FN2O3S2/c24-19-9-3-6-12-22(19)31(28,29)26-15-13-17(14-16-26)23(27)25-20-10-4-5-11-21(20)30-18-7-1-2-8-18/h3-6,9-12,17-18H,1-2,7-8,13-16H2,(H,25,27). The number of hydrogen-bond donors (Lipinski definition) is 1. The van der Waals surface area contributed by atoms with Gasteiger partial charge in [-0.2, -0.15) is 4.31 Å². The molecule has 166 valence electrons. The van der Waals surface area contributed by atoms with Gasteiger partial charge in [0.2, 0.25) is 15.9 Å². The number of thioether (sulfide) groups is 1. The number of anilines is 1. The van der Waals surface area contributed by atoms with Crippen LogP contribution in [-0.2, 0) is 14.8 Å². The molecule has 1 aliphatic carbocycles. The Bertz CT molecular complexity index is 1030. The predicted molar refractivity (Wildman–Crippen MR) is 121 cm³/mol. The van der Waals surface area contributed by atoms with Gasteiger partial charge >= 0.3 is 0 Å². The fourth-order valence-electron chi connectivity index (χ4n) is 4.24. The summed E-state index contributed by atoms with van der Waals surface area (Å²) in [5, 5.41) is 3.66. The van der Waals surface area contributed by atoms with Crippen molar-refractivity contribution < 1.29 is 17.6 Å². The van der Waals surface area contributed by atoms with Crippen molar-refractivity contribution in [2.45, 2.75) is 53.6 Å². The van der Waals surface area contributed by atoms with Crippen LogP contribution in [0.15, 0.2) is 58.3 Å². The van der Waals surface area contributed by atoms with Crippen molar-refractivity contribution in [2.24, 2.45) is 5.92 Å². The van der Waals surface area contributed by atoms with Gasteiger partial charge < -0.3 is 5.32 Å². The number of hydrogen-bond acceptors (Lipinski definition) is 4. The SMILES string of the molecule is O=C(Nc1ccccc1SC1CCCC1)C1CCN(S(=O)(=O)c2ccccc2F)CC1. The molecule has 2 fully saturated rings. The average Bonchev–Trinajstić information content (AvgIpc) is 3.28. The third-order valence-electron chi connectivity index (χ3n) is 6.02. The number of nitrogens with zero attached hydrogens (tertiary/aromatic N) is 1. The molecule has 0 unspecified atom stereocenters. The first-order valence-corrected chi connectivity index (χ1v) is 13.1. The van der Waals surface area contributed by atoms with Crippen molar-refractivity contribution in [1.82, 2.24) is 4.31 Å². The second-order valence-corrected chi connectivity index (χ2v) is 11.4. The zero-order chi connectivity index (χ0) is 21.8. The first kappa shape index (κ1) is 22.3. The van der Waals surface area contributed by atoms with Gasteiger partial charge in [0.05, 0.1) is 5.69 Å². The molecular formula is C23H27FN2O3S2. The van der Waals surface area contributed by atoms with E-state index in [4.69, 9.17) is 0 Å². The Balaban J connectivity index is 1.37. The summed E-state index contributed by atoms with van der Waals surface area (Å²) in [7, 11) is -3.90. The van der Waals surface area contributed by atoms with Crippen LogP contribution in [0.3, 0.4) is 0 Å². The molecule has 4 rings (SSSR count). The number of para-hydroxylation sites is 1. The van der Waals surface area contributed by atoms with Crippen molar-refractivity contribution >= 4 is 33.4 Å². The molecule has 1 N–H and O–H groups in total. The largest absolute Gasteiger partial charge is 0.325 e. The Labute approximate surface area is 187 Å². The number of amides is 1. The van der Waals surface area contributed by atoms with Gasteiger partial charge in [-0.1, -0.05) is 37.1 Å². The fourth-order valence-corrected chi connectivity index (χ4v) is 7.11. The lowest BCUT2D eigenvalue weighted by Crippen LogP contribution is -2.41. The van der Waals surface area contributed by atoms with E-state index in [-0.39, 0.29) is 29.8 Å². The van der Waals surface area contributed by atoms with Crippen molar-refractivity contribution in [3.63, 3.8) is 0 Å². The number of benzene rings is 2. The summed E-state index contributed by atoms with van der Waals surface area (Å²) in [5.41, 5.74) is 0.825. The van der Waals surface area contributed by atoms with Crippen molar-refractivity contribution in [1.29, 1.82) is 0 Å². The summed E-state index contributed by atoms with van der Waals surface area (Å²) in [6.45, 7) is 0.403. The van der Waals surface area contributed by atoms with Gasteiger partial charge in [0.15, 0.2) is 0 Å². The van der Waals surface area contributed by atoms with Crippen molar-refractivity contribution in [2.75, 3.05) is 18.4 Å². The minimum atomic E-state index is -3.90. The monoisotopic (exact) mass is 462 g/mol. The summed E-state index contributed by atoms with van der Waals surface area (Å²) >= 11 is 1.83. The molecule has 1 heterocycles. The Morgan fingerprint density at radius 3 is 2.32 bits per heavy atom. The van der Waals surface area contributed by atoms with Crippen LogP contribution in [-0.4, -0.2) is 37.0 Å². The molecule has 2 aromatic carbocycles. The van der Waals surface area contributed by atoms with E-state index >= 15 is 0 Å². The maximum atomic E-state index is 14.0. The molecule has 0 atom stereocenters. The Kier molecular flexibility index (Phi) is 6.99. The quantitative estimate of drug-likeness (QED) is 0.663. The molecule has 1 amide bonds. The number of piperidine rings is 1. The summed E-state index contributed by atoms with van der Waals surface area (Å²) in [4.78, 5) is 13.7. The lowest BCUT2D eigenvalue weighted by molar-refractivity contribution is -0.120. The van der Waals surface area contributed by atoms with E-state index in [1.165, 1.54) is 48.2 Å². The van der Waals surface area contributed by atoms with Crippen molar-refractivity contribution in [3.05, 3.63) is 54.3 Å². The smallest absolute Gasteiger partial charge is 0.245 e. The molecule has 8 heteroatoms. The number of carbonyl (C=O) groups is 1. The Morgan fingerprint density at radius 1 is 0.968 bits per heavy atom. The predicted octanol–water partition coefficient (Wildman–Crippen LogP) is 4.90. The Hall–Kier alpha value is -1.90. The van der Waals surface area contributed by atoms with E-state index in [0.717, 1.165) is 16.6 Å². The molecule has 1 aliphatic heterocycles. The molecule has 0 spiro atoms. The van der Waals surface area contributed by atoms with Crippen molar-refractivity contribution in [3.8, 4) is 0 Å². The summed E-state index contributed by atoms with van der Waals surface area (Å²) < 4.78 is 40.8. The molecule has 0 aromatic heterocycles. The highest BCUT2D eigenvalue weighted by molar-refractivity contribution is 8.00. The number of carbonyl (C=O) groups excluding carboxylic acids is 1. The van der Waals surface area contributed by atoms with E-state index in [9.17, 15) is 17.6 Å². The van der Waals surface area contributed by atoms with Crippen LogP contribution in [0.25, 0.3) is 0 Å². The van der Waals surface area contributed by atoms with Crippen LogP contribution in [0.4, 0.5) is 10.1 Å². The van der Waals surface area contributed by atoms with E-state index in [1.807, 2.05) is 36.0 Å². The van der Waals surface area contributed by atoms with Gasteiger partial charge in [-0.15, -0.1) is 11.8 Å². The van der Waals surface area contributed by atoms with Gasteiger partial charge in [-0.05, 0) is 49.9 Å². The number of nitrogens with one attached hydrogen (secondary N) is 1. The van der Waals surface area contributed by atoms with E-state index in [1.54, 1.807) is 0 Å². The number of rotatable bonds is 6. The van der Waals surface area contributed by atoms with Crippen LogP contribution in [0.2, 0.25) is 0 Å². The third-order valence-corrected chi connectivity index (χ3v) is 9.37. The van der Waals surface area contributed by atoms with Crippen LogP contribution in [0, 0.1) is 11.7 Å². The molecule has 1 saturated heterocycles. The number of halogens is 1. The lowest BCUT2D eigenvalue weighted by atomic mass is 9.97. The molecule has 31 heavy (non-hydrogen) atoms. The first-order chi connectivity index (χ1) is 14.9. The molecule has 2 aliphatic rings.